The third-order valence-electron chi connectivity index (χ3n) is 4.75. The summed E-state index contributed by atoms with van der Waals surface area (Å²) in [5, 5.41) is 26.5. The first kappa shape index (κ1) is 24.2. The van der Waals surface area contributed by atoms with Gasteiger partial charge in [0.05, 0.1) is 21.6 Å². The zero-order valence-electron chi connectivity index (χ0n) is 17.1. The number of nitrogens with one attached hydrogen (secondary N) is 1. The maximum atomic E-state index is 13.0. The molecule has 2 aromatic carbocycles. The molecule has 172 valence electrons. The molecule has 9 nitrogen and oxygen atoms in total. The standard InChI is InChI=1S/C20H15F3IN5O4/c1-11-7-13(12(2)27(11)16-5-3-15(24)4-6-16)10-25-26-19-17(28(30)31)8-14(20(21,22)23)9-18(19)29(32)33/h3-10,26H,1-2H3. The van der Waals surface area contributed by atoms with Gasteiger partial charge < -0.3 is 4.57 Å². The minimum Gasteiger partial charge on any atom is -0.318 e. The smallest absolute Gasteiger partial charge is 0.318 e. The second-order valence-corrected chi connectivity index (χ2v) is 8.16. The largest absolute Gasteiger partial charge is 0.416 e. The van der Waals surface area contributed by atoms with Crippen molar-refractivity contribution < 1.29 is 23.0 Å². The van der Waals surface area contributed by atoms with Crippen LogP contribution in [0.4, 0.5) is 30.2 Å². The summed E-state index contributed by atoms with van der Waals surface area (Å²) in [6, 6.07) is 9.97. The summed E-state index contributed by atoms with van der Waals surface area (Å²) in [5.41, 5.74) is 0.844. The number of hydrogen-bond donors (Lipinski definition) is 1. The number of nitro groups is 2. The van der Waals surface area contributed by atoms with Crippen LogP contribution in [0.5, 0.6) is 0 Å². The molecule has 1 aromatic heterocycles. The van der Waals surface area contributed by atoms with E-state index in [1.165, 1.54) is 6.21 Å². The first-order valence-corrected chi connectivity index (χ1v) is 10.3. The van der Waals surface area contributed by atoms with Crippen LogP contribution in [0.1, 0.15) is 22.5 Å². The Bertz CT molecular complexity index is 1230. The maximum Gasteiger partial charge on any atom is 0.416 e. The summed E-state index contributed by atoms with van der Waals surface area (Å²) >= 11 is 2.19. The third-order valence-corrected chi connectivity index (χ3v) is 5.47. The number of aryl methyl sites for hydroxylation is 1. The van der Waals surface area contributed by atoms with Gasteiger partial charge >= 0.3 is 17.6 Å². The first-order chi connectivity index (χ1) is 15.4. The van der Waals surface area contributed by atoms with E-state index in [9.17, 15) is 33.4 Å². The fourth-order valence-electron chi connectivity index (χ4n) is 3.25. The van der Waals surface area contributed by atoms with Gasteiger partial charge in [-0.3, -0.25) is 25.7 Å². The lowest BCUT2D eigenvalue weighted by atomic mass is 10.1. The van der Waals surface area contributed by atoms with Crippen molar-refractivity contribution in [3.63, 3.8) is 0 Å². The van der Waals surface area contributed by atoms with Gasteiger partial charge in [-0.15, -0.1) is 0 Å². The number of halogens is 4. The highest BCUT2D eigenvalue weighted by atomic mass is 127. The Kier molecular flexibility index (Phi) is 6.71. The second kappa shape index (κ2) is 9.17. The molecule has 0 unspecified atom stereocenters. The van der Waals surface area contributed by atoms with Crippen LogP contribution in [0.3, 0.4) is 0 Å². The fraction of sp³-hybridized carbons (Fsp3) is 0.150. The van der Waals surface area contributed by atoms with E-state index < -0.39 is 38.6 Å². The predicted molar refractivity (Wildman–Crippen MR) is 124 cm³/mol. The number of hydrazone groups is 1. The molecular weight excluding hydrogens is 558 g/mol. The number of anilines is 1. The van der Waals surface area contributed by atoms with Crippen molar-refractivity contribution in [2.24, 2.45) is 5.10 Å². The van der Waals surface area contributed by atoms with Crippen LogP contribution in [0, 0.1) is 37.6 Å². The van der Waals surface area contributed by atoms with Gasteiger partial charge in [0, 0.05) is 38.3 Å². The molecule has 0 spiro atoms. The quantitative estimate of drug-likeness (QED) is 0.169. The van der Waals surface area contributed by atoms with Crippen molar-refractivity contribution >= 4 is 45.9 Å². The first-order valence-electron chi connectivity index (χ1n) is 9.18. The van der Waals surface area contributed by atoms with Crippen molar-refractivity contribution in [2.75, 3.05) is 5.43 Å². The molecule has 1 heterocycles. The molecule has 0 saturated heterocycles. The van der Waals surface area contributed by atoms with E-state index in [1.807, 2.05) is 42.7 Å². The molecule has 0 atom stereocenters. The van der Waals surface area contributed by atoms with Gasteiger partial charge in [0.1, 0.15) is 0 Å². The fourth-order valence-corrected chi connectivity index (χ4v) is 3.61. The maximum absolute atomic E-state index is 13.0. The van der Waals surface area contributed by atoms with Crippen LogP contribution >= 0.6 is 22.6 Å². The average Bonchev–Trinajstić information content (AvgIpc) is 3.00. The normalized spacial score (nSPS) is 11.7. The highest BCUT2D eigenvalue weighted by molar-refractivity contribution is 14.1. The monoisotopic (exact) mass is 573 g/mol. The number of nitro benzene ring substituents is 2. The van der Waals surface area contributed by atoms with E-state index >= 15 is 0 Å². The number of rotatable bonds is 6. The number of aromatic nitrogens is 1. The molecule has 1 N–H and O–H groups in total. The van der Waals surface area contributed by atoms with Crippen LogP contribution in [0.15, 0.2) is 47.6 Å². The molecule has 0 aliphatic carbocycles. The molecule has 0 aliphatic rings. The van der Waals surface area contributed by atoms with Gasteiger partial charge in [-0.05, 0) is 66.8 Å². The summed E-state index contributed by atoms with van der Waals surface area (Å²) in [6.07, 6.45) is -3.71. The average molecular weight is 573 g/mol. The Morgan fingerprint density at radius 3 is 2.06 bits per heavy atom. The van der Waals surface area contributed by atoms with E-state index in [2.05, 4.69) is 33.1 Å². The molecule has 33 heavy (non-hydrogen) atoms. The van der Waals surface area contributed by atoms with E-state index in [0.717, 1.165) is 20.6 Å². The van der Waals surface area contributed by atoms with Gasteiger partial charge in [-0.25, -0.2) is 0 Å². The number of nitrogens with zero attached hydrogens (tertiary/aromatic N) is 4. The summed E-state index contributed by atoms with van der Waals surface area (Å²) in [6.45, 7) is 3.68. The van der Waals surface area contributed by atoms with Crippen molar-refractivity contribution in [3.8, 4) is 5.69 Å². The van der Waals surface area contributed by atoms with E-state index in [-0.39, 0.29) is 12.1 Å². The van der Waals surface area contributed by atoms with Crippen molar-refractivity contribution in [2.45, 2.75) is 20.0 Å². The zero-order valence-corrected chi connectivity index (χ0v) is 19.2. The Morgan fingerprint density at radius 2 is 1.58 bits per heavy atom. The lowest BCUT2D eigenvalue weighted by molar-refractivity contribution is -0.392. The minimum absolute atomic E-state index is 0.230. The Hall–Kier alpha value is -3.49. The summed E-state index contributed by atoms with van der Waals surface area (Å²) in [4.78, 5) is 20.4. The molecule has 13 heteroatoms. The molecule has 0 radical (unpaired) electrons. The molecule has 0 amide bonds. The van der Waals surface area contributed by atoms with Crippen LogP contribution in [-0.4, -0.2) is 20.6 Å². The number of alkyl halides is 3. The molecular formula is C20H15F3IN5O4. The van der Waals surface area contributed by atoms with Gasteiger partial charge in [0.15, 0.2) is 0 Å². The van der Waals surface area contributed by atoms with E-state index in [1.54, 1.807) is 6.07 Å². The van der Waals surface area contributed by atoms with Crippen LogP contribution in [0.25, 0.3) is 5.69 Å². The Balaban J connectivity index is 1.99. The van der Waals surface area contributed by atoms with Crippen molar-refractivity contribution in [3.05, 3.63) is 88.8 Å². The zero-order chi connectivity index (χ0) is 24.5. The molecule has 0 saturated carbocycles. The molecule has 3 rings (SSSR count). The van der Waals surface area contributed by atoms with Crippen molar-refractivity contribution in [1.29, 1.82) is 0 Å². The predicted octanol–water partition coefficient (Wildman–Crippen LogP) is 5.98. The Morgan fingerprint density at radius 1 is 1.03 bits per heavy atom. The SMILES string of the molecule is Cc1cc(C=NNc2c([N+](=O)[O-])cc(C(F)(F)F)cc2[N+](=O)[O-])c(C)n1-c1ccc(I)cc1. The van der Waals surface area contributed by atoms with Gasteiger partial charge in [0.2, 0.25) is 5.69 Å². The van der Waals surface area contributed by atoms with Crippen LogP contribution in [-0.2, 0) is 6.18 Å². The highest BCUT2D eigenvalue weighted by Gasteiger charge is 2.37. The summed E-state index contributed by atoms with van der Waals surface area (Å²) in [7, 11) is 0. The lowest BCUT2D eigenvalue weighted by Crippen LogP contribution is -2.09. The molecule has 0 bridgehead atoms. The molecule has 3 aromatic rings. The van der Waals surface area contributed by atoms with Crippen LogP contribution in [0.2, 0.25) is 0 Å². The van der Waals surface area contributed by atoms with Gasteiger partial charge in [-0.1, -0.05) is 0 Å². The summed E-state index contributed by atoms with van der Waals surface area (Å²) in [5.74, 6) is 0. The van der Waals surface area contributed by atoms with Crippen molar-refractivity contribution in [1.82, 2.24) is 4.57 Å². The van der Waals surface area contributed by atoms with Gasteiger partial charge in [-0.2, -0.15) is 18.3 Å². The van der Waals surface area contributed by atoms with E-state index in [4.69, 9.17) is 0 Å². The molecule has 0 aliphatic heterocycles. The number of benzene rings is 2. The summed E-state index contributed by atoms with van der Waals surface area (Å²) < 4.78 is 42.1. The number of hydrogen-bond acceptors (Lipinski definition) is 6. The Labute approximate surface area is 198 Å². The van der Waals surface area contributed by atoms with Crippen LogP contribution < -0.4 is 5.43 Å². The minimum atomic E-state index is -5.00. The molecule has 0 fully saturated rings. The van der Waals surface area contributed by atoms with E-state index in [0.29, 0.717) is 5.56 Å². The third kappa shape index (κ3) is 5.13. The topological polar surface area (TPSA) is 116 Å². The second-order valence-electron chi connectivity index (χ2n) is 6.91. The lowest BCUT2D eigenvalue weighted by Gasteiger charge is -2.10. The van der Waals surface area contributed by atoms with Gasteiger partial charge in [0.25, 0.3) is 0 Å². The highest BCUT2D eigenvalue weighted by Crippen LogP contribution is 2.41.